The smallest absolute Gasteiger partial charge is 0.267 e. The Morgan fingerprint density at radius 1 is 0.737 bits per heavy atom. The Labute approximate surface area is 227 Å². The second-order valence-electron chi connectivity index (χ2n) is 9.31. The SMILES string of the molecule is Cc1c(/C=C2/SC(=Nc3ccccc3)N(Cc3ccccc3)C2=O)c2ccccc2n1Cc1ccccc1. The predicted molar refractivity (Wildman–Crippen MR) is 158 cm³/mol. The fourth-order valence-electron chi connectivity index (χ4n) is 4.85. The van der Waals surface area contributed by atoms with Crippen LogP contribution in [0.4, 0.5) is 5.69 Å². The number of para-hydroxylation sites is 2. The van der Waals surface area contributed by atoms with Gasteiger partial charge in [-0.3, -0.25) is 9.69 Å². The maximum Gasteiger partial charge on any atom is 0.267 e. The molecule has 0 spiro atoms. The highest BCUT2D eigenvalue weighted by Gasteiger charge is 2.34. The van der Waals surface area contributed by atoms with E-state index in [-0.39, 0.29) is 5.91 Å². The van der Waals surface area contributed by atoms with Crippen LogP contribution in [-0.2, 0) is 17.9 Å². The molecule has 1 saturated heterocycles. The molecule has 186 valence electrons. The average Bonchev–Trinajstić information content (AvgIpc) is 3.39. The van der Waals surface area contributed by atoms with Gasteiger partial charge in [-0.15, -0.1) is 0 Å². The van der Waals surface area contributed by atoms with Crippen LogP contribution in [0.25, 0.3) is 17.0 Å². The van der Waals surface area contributed by atoms with E-state index in [1.165, 1.54) is 17.3 Å². The standard InChI is InChI=1S/C33H27N3OS/c1-24-29(28-19-11-12-20-30(28)35(24)22-25-13-5-2-6-14-25)21-31-32(37)36(23-26-15-7-3-8-16-26)33(38-31)34-27-17-9-4-10-18-27/h2-21H,22-23H2,1H3/b31-21+,34-33?. The number of rotatable bonds is 6. The number of aromatic nitrogens is 1. The Morgan fingerprint density at radius 3 is 2.00 bits per heavy atom. The molecule has 38 heavy (non-hydrogen) atoms. The van der Waals surface area contributed by atoms with Gasteiger partial charge in [-0.25, -0.2) is 4.99 Å². The van der Waals surface area contributed by atoms with Crippen molar-refractivity contribution in [2.75, 3.05) is 0 Å². The summed E-state index contributed by atoms with van der Waals surface area (Å²) in [7, 11) is 0. The molecule has 5 heteroatoms. The van der Waals surface area contributed by atoms with Crippen LogP contribution >= 0.6 is 11.8 Å². The molecule has 1 aliphatic heterocycles. The summed E-state index contributed by atoms with van der Waals surface area (Å²) in [5.74, 6) is -0.0205. The molecule has 0 aliphatic carbocycles. The molecule has 0 radical (unpaired) electrons. The summed E-state index contributed by atoms with van der Waals surface area (Å²) in [5.41, 5.74) is 6.52. The fraction of sp³-hybridized carbons (Fsp3) is 0.0909. The Morgan fingerprint density at radius 2 is 1.32 bits per heavy atom. The van der Waals surface area contributed by atoms with E-state index < -0.39 is 0 Å². The number of carbonyl (C=O) groups is 1. The summed E-state index contributed by atoms with van der Waals surface area (Å²) >= 11 is 1.44. The lowest BCUT2D eigenvalue weighted by atomic mass is 10.1. The molecule has 2 heterocycles. The summed E-state index contributed by atoms with van der Waals surface area (Å²) in [6.07, 6.45) is 2.05. The first-order valence-corrected chi connectivity index (χ1v) is 13.5. The Kier molecular flexibility index (Phi) is 6.67. The van der Waals surface area contributed by atoms with Crippen molar-refractivity contribution in [3.05, 3.63) is 143 Å². The normalized spacial score (nSPS) is 15.7. The zero-order valence-corrected chi connectivity index (χ0v) is 21.9. The molecule has 6 rings (SSSR count). The van der Waals surface area contributed by atoms with Crippen molar-refractivity contribution in [2.45, 2.75) is 20.0 Å². The predicted octanol–water partition coefficient (Wildman–Crippen LogP) is 7.80. The highest BCUT2D eigenvalue weighted by atomic mass is 32.2. The van der Waals surface area contributed by atoms with Gasteiger partial charge in [0.05, 0.1) is 17.1 Å². The fourth-order valence-corrected chi connectivity index (χ4v) is 5.83. The minimum absolute atomic E-state index is 0.0205. The van der Waals surface area contributed by atoms with Crippen molar-refractivity contribution in [2.24, 2.45) is 4.99 Å². The van der Waals surface area contributed by atoms with Crippen LogP contribution in [0.1, 0.15) is 22.4 Å². The highest BCUT2D eigenvalue weighted by molar-refractivity contribution is 8.18. The lowest BCUT2D eigenvalue weighted by Crippen LogP contribution is -2.28. The summed E-state index contributed by atoms with van der Waals surface area (Å²) in [6, 6.07) is 38.8. The molecule has 1 amide bonds. The third-order valence-electron chi connectivity index (χ3n) is 6.79. The van der Waals surface area contributed by atoms with Gasteiger partial charge in [0.1, 0.15) is 0 Å². The van der Waals surface area contributed by atoms with E-state index in [2.05, 4.69) is 66.1 Å². The number of nitrogens with zero attached hydrogens (tertiary/aromatic N) is 3. The van der Waals surface area contributed by atoms with Gasteiger partial charge in [0.2, 0.25) is 0 Å². The number of hydrogen-bond acceptors (Lipinski definition) is 3. The van der Waals surface area contributed by atoms with Gasteiger partial charge in [0.15, 0.2) is 5.17 Å². The molecule has 1 aromatic heterocycles. The topological polar surface area (TPSA) is 37.6 Å². The Hall–Kier alpha value is -4.35. The van der Waals surface area contributed by atoms with E-state index in [4.69, 9.17) is 4.99 Å². The van der Waals surface area contributed by atoms with Gasteiger partial charge in [0.25, 0.3) is 5.91 Å². The van der Waals surface area contributed by atoms with Gasteiger partial charge in [-0.1, -0.05) is 97.1 Å². The number of hydrogen-bond donors (Lipinski definition) is 0. The van der Waals surface area contributed by atoms with Crippen LogP contribution in [0.3, 0.4) is 0 Å². The minimum Gasteiger partial charge on any atom is -0.340 e. The van der Waals surface area contributed by atoms with Crippen LogP contribution < -0.4 is 0 Å². The van der Waals surface area contributed by atoms with Crippen molar-refractivity contribution in [3.63, 3.8) is 0 Å². The van der Waals surface area contributed by atoms with Crippen molar-refractivity contribution < 1.29 is 4.79 Å². The summed E-state index contributed by atoms with van der Waals surface area (Å²) in [4.78, 5) is 21.1. The lowest BCUT2D eigenvalue weighted by molar-refractivity contribution is -0.122. The number of fused-ring (bicyclic) bond motifs is 1. The first kappa shape index (κ1) is 24.0. The summed E-state index contributed by atoms with van der Waals surface area (Å²) in [6.45, 7) is 3.39. The molecule has 0 N–H and O–H groups in total. The number of carbonyl (C=O) groups excluding carboxylic acids is 1. The van der Waals surface area contributed by atoms with Crippen LogP contribution in [-0.4, -0.2) is 20.5 Å². The highest BCUT2D eigenvalue weighted by Crippen LogP contribution is 2.37. The third-order valence-corrected chi connectivity index (χ3v) is 7.80. The second-order valence-corrected chi connectivity index (χ2v) is 10.3. The minimum atomic E-state index is -0.0205. The van der Waals surface area contributed by atoms with Gasteiger partial charge >= 0.3 is 0 Å². The molecule has 4 nitrogen and oxygen atoms in total. The van der Waals surface area contributed by atoms with Crippen molar-refractivity contribution in [1.29, 1.82) is 0 Å². The second kappa shape index (κ2) is 10.6. The number of amidine groups is 1. The molecular weight excluding hydrogens is 486 g/mol. The van der Waals surface area contributed by atoms with Crippen molar-refractivity contribution in [1.82, 2.24) is 9.47 Å². The van der Waals surface area contributed by atoms with Crippen LogP contribution in [0.2, 0.25) is 0 Å². The Bertz CT molecular complexity index is 1650. The lowest BCUT2D eigenvalue weighted by Gasteiger charge is -2.15. The van der Waals surface area contributed by atoms with Gasteiger partial charge in [-0.2, -0.15) is 0 Å². The van der Waals surface area contributed by atoms with E-state index in [1.807, 2.05) is 66.7 Å². The van der Waals surface area contributed by atoms with E-state index >= 15 is 0 Å². The molecule has 0 bridgehead atoms. The molecule has 0 saturated carbocycles. The zero-order chi connectivity index (χ0) is 25.9. The number of benzene rings is 4. The zero-order valence-electron chi connectivity index (χ0n) is 21.1. The first-order chi connectivity index (χ1) is 18.7. The Balaban J connectivity index is 1.42. The molecule has 1 fully saturated rings. The average molecular weight is 514 g/mol. The maximum atomic E-state index is 13.8. The molecule has 1 aliphatic rings. The number of amides is 1. The van der Waals surface area contributed by atoms with E-state index in [0.717, 1.165) is 40.0 Å². The molecule has 0 atom stereocenters. The van der Waals surface area contributed by atoms with Crippen molar-refractivity contribution in [3.8, 4) is 0 Å². The first-order valence-electron chi connectivity index (χ1n) is 12.7. The third kappa shape index (κ3) is 4.81. The molecule has 0 unspecified atom stereocenters. The van der Waals surface area contributed by atoms with E-state index in [1.54, 1.807) is 4.90 Å². The van der Waals surface area contributed by atoms with Crippen LogP contribution in [0.15, 0.2) is 125 Å². The van der Waals surface area contributed by atoms with Crippen LogP contribution in [0, 0.1) is 6.92 Å². The summed E-state index contributed by atoms with van der Waals surface area (Å²) < 4.78 is 2.34. The largest absolute Gasteiger partial charge is 0.340 e. The van der Waals surface area contributed by atoms with Gasteiger partial charge in [-0.05, 0) is 54.1 Å². The van der Waals surface area contributed by atoms with Gasteiger partial charge < -0.3 is 4.57 Å². The quantitative estimate of drug-likeness (QED) is 0.217. The molecule has 5 aromatic rings. The van der Waals surface area contributed by atoms with Crippen molar-refractivity contribution >= 4 is 45.5 Å². The van der Waals surface area contributed by atoms with E-state index in [0.29, 0.717) is 16.6 Å². The number of aliphatic imine (C=N–C) groups is 1. The molecule has 4 aromatic carbocycles. The van der Waals surface area contributed by atoms with E-state index in [9.17, 15) is 4.79 Å². The molecular formula is C33H27N3OS. The maximum absolute atomic E-state index is 13.8. The summed E-state index contributed by atoms with van der Waals surface area (Å²) in [5, 5.41) is 1.84. The number of thioether (sulfide) groups is 1. The monoisotopic (exact) mass is 513 g/mol. The van der Waals surface area contributed by atoms with Crippen LogP contribution in [0.5, 0.6) is 0 Å². The van der Waals surface area contributed by atoms with Gasteiger partial charge in [0, 0.05) is 28.7 Å².